The number of amides is 1. The molecule has 16 heavy (non-hydrogen) atoms. The van der Waals surface area contributed by atoms with Gasteiger partial charge in [0.25, 0.3) is 0 Å². The minimum Gasteiger partial charge on any atom is -0.356 e. The van der Waals surface area contributed by atoms with E-state index in [-0.39, 0.29) is 17.2 Å². The van der Waals surface area contributed by atoms with Crippen LogP contribution in [0.3, 0.4) is 0 Å². The van der Waals surface area contributed by atoms with E-state index in [4.69, 9.17) is 0 Å². The molecule has 3 nitrogen and oxygen atoms in total. The van der Waals surface area contributed by atoms with Crippen LogP contribution in [0.1, 0.15) is 52.9 Å². The predicted molar refractivity (Wildman–Crippen MR) is 64.0 cm³/mol. The third-order valence-electron chi connectivity index (χ3n) is 3.09. The lowest BCUT2D eigenvalue weighted by atomic mass is 9.87. The van der Waals surface area contributed by atoms with Gasteiger partial charge in [-0.15, -0.1) is 0 Å². The predicted octanol–water partition coefficient (Wildman–Crippen LogP) is 2.30. The van der Waals surface area contributed by atoms with Gasteiger partial charge in [-0.2, -0.15) is 0 Å². The number of carbonyl (C=O) groups excluding carboxylic acids is 2. The van der Waals surface area contributed by atoms with Gasteiger partial charge in [-0.05, 0) is 24.7 Å². The van der Waals surface area contributed by atoms with Gasteiger partial charge in [-0.3, -0.25) is 9.59 Å². The van der Waals surface area contributed by atoms with Gasteiger partial charge in [0.2, 0.25) is 5.91 Å². The first-order valence-electron chi connectivity index (χ1n) is 6.18. The molecule has 1 N–H and O–H groups in total. The summed E-state index contributed by atoms with van der Waals surface area (Å²) in [5.74, 6) is 0.508. The van der Waals surface area contributed by atoms with Crippen molar-refractivity contribution in [3.05, 3.63) is 0 Å². The Bertz CT molecular complexity index is 256. The first-order chi connectivity index (χ1) is 7.38. The normalized spacial score (nSPS) is 18.6. The highest BCUT2D eigenvalue weighted by Crippen LogP contribution is 2.22. The fourth-order valence-electron chi connectivity index (χ4n) is 1.91. The molecule has 1 saturated carbocycles. The number of rotatable bonds is 3. The lowest BCUT2D eigenvalue weighted by molar-refractivity contribution is -0.128. The Balaban J connectivity index is 2.22. The smallest absolute Gasteiger partial charge is 0.223 e. The van der Waals surface area contributed by atoms with Crippen LogP contribution >= 0.6 is 0 Å². The summed E-state index contributed by atoms with van der Waals surface area (Å²) >= 11 is 0. The molecule has 1 fully saturated rings. The van der Waals surface area contributed by atoms with Gasteiger partial charge in [0.1, 0.15) is 5.78 Å². The minimum atomic E-state index is 0.0673. The van der Waals surface area contributed by atoms with Crippen LogP contribution in [-0.2, 0) is 9.59 Å². The molecule has 0 aromatic rings. The Labute approximate surface area is 98.0 Å². The van der Waals surface area contributed by atoms with Gasteiger partial charge in [0.15, 0.2) is 0 Å². The van der Waals surface area contributed by atoms with Crippen LogP contribution in [0.2, 0.25) is 0 Å². The lowest BCUT2D eigenvalue weighted by Gasteiger charge is -2.22. The van der Waals surface area contributed by atoms with E-state index in [1.54, 1.807) is 0 Å². The van der Waals surface area contributed by atoms with Crippen molar-refractivity contribution in [3.63, 3.8) is 0 Å². The maximum Gasteiger partial charge on any atom is 0.223 e. The summed E-state index contributed by atoms with van der Waals surface area (Å²) in [6.07, 6.45) is 3.62. The second kappa shape index (κ2) is 5.46. The first-order valence-corrected chi connectivity index (χ1v) is 6.18. The molecule has 0 bridgehead atoms. The number of ketones is 1. The molecule has 0 atom stereocenters. The molecule has 0 spiro atoms. The van der Waals surface area contributed by atoms with E-state index in [2.05, 4.69) is 26.1 Å². The molecule has 0 aromatic carbocycles. The minimum absolute atomic E-state index is 0.0673. The highest BCUT2D eigenvalue weighted by molar-refractivity contribution is 5.84. The van der Waals surface area contributed by atoms with Crippen molar-refractivity contribution in [2.24, 2.45) is 11.3 Å². The second-order valence-corrected chi connectivity index (χ2v) is 5.91. The number of carbonyl (C=O) groups is 2. The zero-order valence-corrected chi connectivity index (χ0v) is 10.6. The highest BCUT2D eigenvalue weighted by Gasteiger charge is 2.24. The number of hydrogen-bond donors (Lipinski definition) is 1. The molecule has 1 amide bonds. The Hall–Kier alpha value is -0.860. The summed E-state index contributed by atoms with van der Waals surface area (Å²) in [6, 6.07) is 0. The Kier molecular flexibility index (Phi) is 4.51. The van der Waals surface area contributed by atoms with Crippen LogP contribution in [0.15, 0.2) is 0 Å². The van der Waals surface area contributed by atoms with E-state index in [0.717, 1.165) is 25.8 Å². The third-order valence-corrected chi connectivity index (χ3v) is 3.09. The van der Waals surface area contributed by atoms with Crippen LogP contribution in [0.4, 0.5) is 0 Å². The fraction of sp³-hybridized carbons (Fsp3) is 0.846. The molecular formula is C13H23NO2. The van der Waals surface area contributed by atoms with Crippen LogP contribution in [-0.4, -0.2) is 18.2 Å². The molecule has 1 aliphatic rings. The number of Topliss-reactive ketones (excluding diaryl/α,β-unsaturated/α-hetero) is 1. The Morgan fingerprint density at radius 3 is 2.38 bits per heavy atom. The van der Waals surface area contributed by atoms with Crippen molar-refractivity contribution < 1.29 is 9.59 Å². The van der Waals surface area contributed by atoms with Crippen LogP contribution in [0.25, 0.3) is 0 Å². The van der Waals surface area contributed by atoms with E-state index >= 15 is 0 Å². The molecule has 0 radical (unpaired) electrons. The van der Waals surface area contributed by atoms with Gasteiger partial charge in [-0.25, -0.2) is 0 Å². The molecule has 0 aliphatic heterocycles. The van der Waals surface area contributed by atoms with Crippen molar-refractivity contribution in [1.82, 2.24) is 5.32 Å². The molecule has 0 aromatic heterocycles. The van der Waals surface area contributed by atoms with Gasteiger partial charge in [0.05, 0.1) is 0 Å². The average Bonchev–Trinajstić information content (AvgIpc) is 2.16. The zero-order chi connectivity index (χ0) is 12.2. The molecule has 1 aliphatic carbocycles. The van der Waals surface area contributed by atoms with Crippen molar-refractivity contribution in [2.45, 2.75) is 52.9 Å². The van der Waals surface area contributed by atoms with Crippen molar-refractivity contribution >= 4 is 11.7 Å². The first kappa shape index (κ1) is 13.2. The van der Waals surface area contributed by atoms with E-state index < -0.39 is 0 Å². The molecular weight excluding hydrogens is 202 g/mol. The van der Waals surface area contributed by atoms with Gasteiger partial charge in [0, 0.05) is 25.3 Å². The maximum absolute atomic E-state index is 11.8. The van der Waals surface area contributed by atoms with Crippen molar-refractivity contribution in [1.29, 1.82) is 0 Å². The fourth-order valence-corrected chi connectivity index (χ4v) is 1.91. The standard InChI is InChI=1S/C13H23NO2/c1-13(2,3)8-9-14-12(16)10-4-6-11(15)7-5-10/h10H,4-9H2,1-3H3,(H,14,16). The molecule has 0 unspecified atom stereocenters. The largest absolute Gasteiger partial charge is 0.356 e. The van der Waals surface area contributed by atoms with Crippen LogP contribution < -0.4 is 5.32 Å². The topological polar surface area (TPSA) is 46.2 Å². The SMILES string of the molecule is CC(C)(C)CCNC(=O)C1CCC(=O)CC1. The Morgan fingerprint density at radius 1 is 1.31 bits per heavy atom. The summed E-state index contributed by atoms with van der Waals surface area (Å²) in [5.41, 5.74) is 0.260. The van der Waals surface area contributed by atoms with Crippen LogP contribution in [0, 0.1) is 11.3 Å². The summed E-state index contributed by atoms with van der Waals surface area (Å²) in [5, 5.41) is 2.97. The summed E-state index contributed by atoms with van der Waals surface area (Å²) in [6.45, 7) is 7.24. The summed E-state index contributed by atoms with van der Waals surface area (Å²) < 4.78 is 0. The summed E-state index contributed by atoms with van der Waals surface area (Å²) in [4.78, 5) is 22.8. The van der Waals surface area contributed by atoms with Gasteiger partial charge in [-0.1, -0.05) is 20.8 Å². The van der Waals surface area contributed by atoms with Crippen molar-refractivity contribution in [2.75, 3.05) is 6.54 Å². The molecule has 0 saturated heterocycles. The second-order valence-electron chi connectivity index (χ2n) is 5.91. The number of nitrogens with one attached hydrogen (secondary N) is 1. The van der Waals surface area contributed by atoms with E-state index in [1.807, 2.05) is 0 Å². The third kappa shape index (κ3) is 4.77. The van der Waals surface area contributed by atoms with Gasteiger partial charge >= 0.3 is 0 Å². The van der Waals surface area contributed by atoms with E-state index in [1.165, 1.54) is 0 Å². The molecule has 0 heterocycles. The maximum atomic E-state index is 11.8. The molecule has 1 rings (SSSR count). The molecule has 92 valence electrons. The van der Waals surface area contributed by atoms with E-state index in [0.29, 0.717) is 18.6 Å². The lowest BCUT2D eigenvalue weighted by Crippen LogP contribution is -2.34. The Morgan fingerprint density at radius 2 is 1.88 bits per heavy atom. The summed E-state index contributed by atoms with van der Waals surface area (Å²) in [7, 11) is 0. The quantitative estimate of drug-likeness (QED) is 0.801. The van der Waals surface area contributed by atoms with Crippen molar-refractivity contribution in [3.8, 4) is 0 Å². The zero-order valence-electron chi connectivity index (χ0n) is 10.6. The molecule has 3 heteroatoms. The highest BCUT2D eigenvalue weighted by atomic mass is 16.2. The number of hydrogen-bond acceptors (Lipinski definition) is 2. The monoisotopic (exact) mass is 225 g/mol. The van der Waals surface area contributed by atoms with Gasteiger partial charge < -0.3 is 5.32 Å². The average molecular weight is 225 g/mol. The van der Waals surface area contributed by atoms with E-state index in [9.17, 15) is 9.59 Å². The van der Waals surface area contributed by atoms with Crippen LogP contribution in [0.5, 0.6) is 0 Å².